The van der Waals surface area contributed by atoms with Crippen LogP contribution in [0.2, 0.25) is 0 Å². The summed E-state index contributed by atoms with van der Waals surface area (Å²) >= 11 is 0. The van der Waals surface area contributed by atoms with Gasteiger partial charge >= 0.3 is 0 Å². The molecule has 0 fully saturated rings. The van der Waals surface area contributed by atoms with Crippen molar-refractivity contribution in [2.45, 2.75) is 12.5 Å². The van der Waals surface area contributed by atoms with Crippen LogP contribution in [0, 0.1) is 0 Å². The molecule has 31 heavy (non-hydrogen) atoms. The SMILES string of the molecule is COCCCN1C(=O)C(O)=C(C(=O)c2cc3cccc(OC)c3o2)C1c1ccccn1. The monoisotopic (exact) mass is 422 g/mol. The highest BCUT2D eigenvalue weighted by molar-refractivity contribution is 6.16. The standard InChI is InChI=1S/C23H22N2O6/c1-29-12-6-11-25-19(15-8-3-4-10-24-15)18(21(27)23(25)28)20(26)17-13-14-7-5-9-16(30-2)22(14)31-17/h3-5,7-10,13,19,27H,6,11-12H2,1-2H3. The van der Waals surface area contributed by atoms with Crippen LogP contribution >= 0.6 is 0 Å². The fourth-order valence-corrected chi connectivity index (χ4v) is 3.78. The van der Waals surface area contributed by atoms with E-state index in [1.165, 1.54) is 12.0 Å². The molecule has 1 amide bonds. The molecule has 0 radical (unpaired) electrons. The van der Waals surface area contributed by atoms with E-state index in [9.17, 15) is 14.7 Å². The van der Waals surface area contributed by atoms with Crippen LogP contribution in [0.15, 0.2) is 64.4 Å². The summed E-state index contributed by atoms with van der Waals surface area (Å²) < 4.78 is 16.2. The van der Waals surface area contributed by atoms with Crippen molar-refractivity contribution >= 4 is 22.7 Å². The molecule has 1 aliphatic heterocycles. The van der Waals surface area contributed by atoms with Crippen molar-refractivity contribution in [1.29, 1.82) is 0 Å². The summed E-state index contributed by atoms with van der Waals surface area (Å²) in [6.07, 6.45) is 2.12. The van der Waals surface area contributed by atoms with Crippen molar-refractivity contribution in [3.63, 3.8) is 0 Å². The first-order valence-electron chi connectivity index (χ1n) is 9.82. The average molecular weight is 422 g/mol. The van der Waals surface area contributed by atoms with Gasteiger partial charge in [0.25, 0.3) is 5.91 Å². The molecule has 1 atom stereocenters. The van der Waals surface area contributed by atoms with Gasteiger partial charge in [-0.05, 0) is 30.7 Å². The Morgan fingerprint density at radius 1 is 1.23 bits per heavy atom. The van der Waals surface area contributed by atoms with E-state index in [0.29, 0.717) is 42.0 Å². The normalized spacial score (nSPS) is 16.4. The quantitative estimate of drug-likeness (QED) is 0.438. The predicted octanol–water partition coefficient (Wildman–Crippen LogP) is 3.45. The van der Waals surface area contributed by atoms with Crippen molar-refractivity contribution < 1.29 is 28.6 Å². The molecule has 160 valence electrons. The van der Waals surface area contributed by atoms with Gasteiger partial charge in [-0.3, -0.25) is 14.6 Å². The molecule has 0 saturated carbocycles. The number of pyridine rings is 1. The lowest BCUT2D eigenvalue weighted by Crippen LogP contribution is -2.33. The zero-order chi connectivity index (χ0) is 22.0. The number of carbonyl (C=O) groups excluding carboxylic acids is 2. The second-order valence-electron chi connectivity index (χ2n) is 7.08. The maximum Gasteiger partial charge on any atom is 0.290 e. The van der Waals surface area contributed by atoms with Gasteiger partial charge in [-0.2, -0.15) is 0 Å². The highest BCUT2D eigenvalue weighted by Crippen LogP contribution is 2.39. The maximum absolute atomic E-state index is 13.4. The smallest absolute Gasteiger partial charge is 0.290 e. The molecule has 4 rings (SSSR count). The van der Waals surface area contributed by atoms with Crippen LogP contribution in [-0.2, 0) is 9.53 Å². The lowest BCUT2D eigenvalue weighted by molar-refractivity contribution is -0.129. The van der Waals surface area contributed by atoms with E-state index in [4.69, 9.17) is 13.9 Å². The number of Topliss-reactive ketones (excluding diaryl/α,β-unsaturated/α-hetero) is 1. The Labute approximate surface area is 178 Å². The molecule has 1 unspecified atom stereocenters. The third kappa shape index (κ3) is 3.66. The molecule has 1 N–H and O–H groups in total. The average Bonchev–Trinajstić information content (AvgIpc) is 3.34. The number of furan rings is 1. The Kier molecular flexibility index (Phi) is 5.73. The van der Waals surface area contributed by atoms with Gasteiger partial charge in [0.2, 0.25) is 5.78 Å². The number of para-hydroxylation sites is 1. The van der Waals surface area contributed by atoms with Crippen LogP contribution in [-0.4, -0.2) is 54.1 Å². The number of amides is 1. The second kappa shape index (κ2) is 8.61. The van der Waals surface area contributed by atoms with Crippen molar-refractivity contribution in [3.05, 3.63) is 71.4 Å². The lowest BCUT2D eigenvalue weighted by Gasteiger charge is -2.25. The topological polar surface area (TPSA) is 102 Å². The minimum absolute atomic E-state index is 0.00789. The van der Waals surface area contributed by atoms with E-state index in [-0.39, 0.29) is 11.3 Å². The number of hydrogen-bond acceptors (Lipinski definition) is 7. The number of ether oxygens (including phenoxy) is 2. The Balaban J connectivity index is 1.77. The number of fused-ring (bicyclic) bond motifs is 1. The number of rotatable bonds is 8. The fraction of sp³-hybridized carbons (Fsp3) is 0.261. The Hall–Kier alpha value is -3.65. The van der Waals surface area contributed by atoms with Gasteiger partial charge in [0.15, 0.2) is 22.9 Å². The van der Waals surface area contributed by atoms with Crippen LogP contribution < -0.4 is 4.74 Å². The molecule has 8 heteroatoms. The number of hydrogen-bond donors (Lipinski definition) is 1. The number of methoxy groups -OCH3 is 2. The molecule has 8 nitrogen and oxygen atoms in total. The first kappa shape index (κ1) is 20.6. The molecule has 3 heterocycles. The van der Waals surface area contributed by atoms with E-state index in [2.05, 4.69) is 4.98 Å². The maximum atomic E-state index is 13.4. The largest absolute Gasteiger partial charge is 0.503 e. The van der Waals surface area contributed by atoms with Gasteiger partial charge in [-0.1, -0.05) is 18.2 Å². The summed E-state index contributed by atoms with van der Waals surface area (Å²) in [7, 11) is 3.08. The summed E-state index contributed by atoms with van der Waals surface area (Å²) in [4.78, 5) is 32.1. The van der Waals surface area contributed by atoms with Crippen LogP contribution in [0.5, 0.6) is 5.75 Å². The highest BCUT2D eigenvalue weighted by atomic mass is 16.5. The molecular formula is C23H22N2O6. The number of aliphatic hydroxyl groups excluding tert-OH is 1. The van der Waals surface area contributed by atoms with Gasteiger partial charge in [-0.25, -0.2) is 0 Å². The number of aromatic nitrogens is 1. The van der Waals surface area contributed by atoms with Gasteiger partial charge < -0.3 is 23.9 Å². The van der Waals surface area contributed by atoms with Gasteiger partial charge in [0.1, 0.15) is 6.04 Å². The van der Waals surface area contributed by atoms with Crippen molar-refractivity contribution in [2.24, 2.45) is 0 Å². The Morgan fingerprint density at radius 2 is 2.06 bits per heavy atom. The molecular weight excluding hydrogens is 400 g/mol. The van der Waals surface area contributed by atoms with E-state index < -0.39 is 23.5 Å². The van der Waals surface area contributed by atoms with Gasteiger partial charge in [0, 0.05) is 31.8 Å². The third-order valence-electron chi connectivity index (χ3n) is 5.22. The number of nitrogens with zero attached hydrogens (tertiary/aromatic N) is 2. The number of aliphatic hydroxyl groups is 1. The van der Waals surface area contributed by atoms with E-state index >= 15 is 0 Å². The summed E-state index contributed by atoms with van der Waals surface area (Å²) in [6.45, 7) is 0.731. The molecule has 0 bridgehead atoms. The van der Waals surface area contributed by atoms with E-state index in [1.807, 2.05) is 0 Å². The molecule has 3 aromatic rings. The van der Waals surface area contributed by atoms with Crippen LogP contribution in [0.4, 0.5) is 0 Å². The first-order chi connectivity index (χ1) is 15.1. The van der Waals surface area contributed by atoms with Gasteiger partial charge in [0.05, 0.1) is 18.4 Å². The molecule has 1 aromatic carbocycles. The third-order valence-corrected chi connectivity index (χ3v) is 5.22. The van der Waals surface area contributed by atoms with Crippen molar-refractivity contribution in [1.82, 2.24) is 9.88 Å². The van der Waals surface area contributed by atoms with Gasteiger partial charge in [-0.15, -0.1) is 0 Å². The number of ketones is 1. The zero-order valence-electron chi connectivity index (χ0n) is 17.2. The fourth-order valence-electron chi connectivity index (χ4n) is 3.78. The highest BCUT2D eigenvalue weighted by Gasteiger charge is 2.45. The first-order valence-corrected chi connectivity index (χ1v) is 9.82. The minimum Gasteiger partial charge on any atom is -0.503 e. The molecule has 0 aliphatic carbocycles. The molecule has 2 aromatic heterocycles. The number of benzene rings is 1. The number of carbonyl (C=O) groups is 2. The van der Waals surface area contributed by atoms with Crippen LogP contribution in [0.3, 0.4) is 0 Å². The summed E-state index contributed by atoms with van der Waals surface area (Å²) in [5.41, 5.74) is 0.845. The van der Waals surface area contributed by atoms with Crippen molar-refractivity contribution in [2.75, 3.05) is 27.4 Å². The summed E-state index contributed by atoms with van der Waals surface area (Å²) in [6, 6.07) is 11.3. The summed E-state index contributed by atoms with van der Waals surface area (Å²) in [5, 5.41) is 11.3. The minimum atomic E-state index is -0.826. The van der Waals surface area contributed by atoms with Crippen LogP contribution in [0.25, 0.3) is 11.0 Å². The Morgan fingerprint density at radius 3 is 2.77 bits per heavy atom. The molecule has 1 aliphatic rings. The van der Waals surface area contributed by atoms with Crippen molar-refractivity contribution in [3.8, 4) is 5.75 Å². The van der Waals surface area contributed by atoms with E-state index in [1.54, 1.807) is 55.8 Å². The lowest BCUT2D eigenvalue weighted by atomic mass is 9.98. The molecule has 0 saturated heterocycles. The zero-order valence-corrected chi connectivity index (χ0v) is 17.2. The second-order valence-corrected chi connectivity index (χ2v) is 7.08. The summed E-state index contributed by atoms with van der Waals surface area (Å²) in [5.74, 6) is -1.29. The predicted molar refractivity (Wildman–Crippen MR) is 112 cm³/mol. The van der Waals surface area contributed by atoms with Crippen LogP contribution in [0.1, 0.15) is 28.7 Å². The Bertz CT molecular complexity index is 1150. The molecule has 0 spiro atoms. The van der Waals surface area contributed by atoms with E-state index in [0.717, 1.165) is 0 Å².